The largest absolute Gasteiger partial charge is 0.334 e. The van der Waals surface area contributed by atoms with Crippen LogP contribution in [0.15, 0.2) is 18.0 Å². The standard InChI is InChI=1S/C23H34N6O/c30-22(23(9-3-1-4-10-23)29-16-24-25-26-29)28-12-6-7-17-13-18-14-19(21(17)28)15-27-11-5-2-8-20(18)27/h13,16,18-21H,1-12,14-15H2/t18-,19-,20+,21+/m0/s1. The first-order valence-corrected chi connectivity index (χ1v) is 12.3. The number of rotatable bonds is 2. The zero-order chi connectivity index (χ0) is 20.1. The fraction of sp³-hybridized carbons (Fsp3) is 0.826. The molecule has 0 unspecified atom stereocenters. The molecule has 30 heavy (non-hydrogen) atoms. The van der Waals surface area contributed by atoms with Crippen molar-refractivity contribution in [3.05, 3.63) is 18.0 Å². The van der Waals surface area contributed by atoms with Crippen LogP contribution in [0.5, 0.6) is 0 Å². The van der Waals surface area contributed by atoms with Crippen LogP contribution in [-0.2, 0) is 10.3 Å². The predicted octanol–water partition coefficient (Wildman–Crippen LogP) is 2.75. The minimum atomic E-state index is -0.580. The van der Waals surface area contributed by atoms with Gasteiger partial charge in [0.1, 0.15) is 11.9 Å². The number of carbonyl (C=O) groups excluding carboxylic acids is 1. The highest BCUT2D eigenvalue weighted by molar-refractivity contribution is 5.85. The van der Waals surface area contributed by atoms with E-state index in [9.17, 15) is 4.79 Å². The molecule has 162 valence electrons. The molecule has 1 aromatic rings. The minimum absolute atomic E-state index is 0.282. The van der Waals surface area contributed by atoms with E-state index in [1.54, 1.807) is 16.6 Å². The van der Waals surface area contributed by atoms with Gasteiger partial charge in [0.05, 0.1) is 6.04 Å². The number of fused-ring (bicyclic) bond motifs is 6. The van der Waals surface area contributed by atoms with Crippen molar-refractivity contribution < 1.29 is 4.79 Å². The normalized spacial score (nSPS) is 35.9. The van der Waals surface area contributed by atoms with Crippen LogP contribution in [-0.4, -0.2) is 67.6 Å². The summed E-state index contributed by atoms with van der Waals surface area (Å²) in [7, 11) is 0. The van der Waals surface area contributed by atoms with Crippen molar-refractivity contribution in [1.82, 2.24) is 30.0 Å². The molecule has 3 saturated heterocycles. The third-order valence-electron chi connectivity index (χ3n) is 8.78. The maximum Gasteiger partial charge on any atom is 0.251 e. The Kier molecular flexibility index (Phi) is 4.70. The van der Waals surface area contributed by atoms with Crippen LogP contribution in [0, 0.1) is 11.8 Å². The van der Waals surface area contributed by atoms with Crippen LogP contribution in [0.4, 0.5) is 0 Å². The molecule has 7 heteroatoms. The fourth-order valence-corrected chi connectivity index (χ4v) is 7.50. The Hall–Kier alpha value is -1.76. The van der Waals surface area contributed by atoms with Crippen LogP contribution < -0.4 is 0 Å². The lowest BCUT2D eigenvalue weighted by atomic mass is 9.67. The van der Waals surface area contributed by atoms with Crippen LogP contribution >= 0.6 is 0 Å². The number of hydrogen-bond donors (Lipinski definition) is 0. The summed E-state index contributed by atoms with van der Waals surface area (Å²) in [5, 5.41) is 12.0. The predicted molar refractivity (Wildman–Crippen MR) is 113 cm³/mol. The van der Waals surface area contributed by atoms with E-state index in [-0.39, 0.29) is 5.91 Å². The molecule has 1 saturated carbocycles. The van der Waals surface area contributed by atoms with Gasteiger partial charge in [0.2, 0.25) is 0 Å². The third-order valence-corrected chi connectivity index (χ3v) is 8.78. The second kappa shape index (κ2) is 7.43. The lowest BCUT2D eigenvalue weighted by Crippen LogP contribution is -2.63. The monoisotopic (exact) mass is 410 g/mol. The Morgan fingerprint density at radius 2 is 1.97 bits per heavy atom. The summed E-state index contributed by atoms with van der Waals surface area (Å²) in [6.45, 7) is 3.30. The molecule has 5 aliphatic rings. The second-order valence-electron chi connectivity index (χ2n) is 10.4. The van der Waals surface area contributed by atoms with Crippen molar-refractivity contribution in [2.45, 2.75) is 88.3 Å². The van der Waals surface area contributed by atoms with Gasteiger partial charge in [0, 0.05) is 19.1 Å². The number of aromatic nitrogens is 4. The maximum atomic E-state index is 14.2. The van der Waals surface area contributed by atoms with E-state index in [0.29, 0.717) is 17.9 Å². The SMILES string of the molecule is O=C(N1CCCC2=C[C@H]3C[C@@H](CN4CCCC[C@H]34)[C@@H]21)C1(n2cnnn2)CCCCC1. The second-order valence-corrected chi connectivity index (χ2v) is 10.4. The first-order chi connectivity index (χ1) is 14.8. The summed E-state index contributed by atoms with van der Waals surface area (Å²) in [5.74, 6) is 1.57. The molecule has 6 rings (SSSR count). The summed E-state index contributed by atoms with van der Waals surface area (Å²) < 4.78 is 1.79. The highest BCUT2D eigenvalue weighted by Crippen LogP contribution is 2.46. The molecular formula is C23H34N6O. The summed E-state index contributed by atoms with van der Waals surface area (Å²) in [6.07, 6.45) is 17.0. The quantitative estimate of drug-likeness (QED) is 0.702. The van der Waals surface area contributed by atoms with E-state index < -0.39 is 5.54 Å². The van der Waals surface area contributed by atoms with Crippen molar-refractivity contribution in [3.63, 3.8) is 0 Å². The van der Waals surface area contributed by atoms with Gasteiger partial charge in [-0.25, -0.2) is 4.68 Å². The molecule has 2 bridgehead atoms. The van der Waals surface area contributed by atoms with Gasteiger partial charge in [-0.2, -0.15) is 0 Å². The number of carbonyl (C=O) groups is 1. The highest BCUT2D eigenvalue weighted by atomic mass is 16.2. The van der Waals surface area contributed by atoms with Gasteiger partial charge < -0.3 is 4.90 Å². The van der Waals surface area contributed by atoms with E-state index in [0.717, 1.165) is 44.7 Å². The molecule has 1 aromatic heterocycles. The van der Waals surface area contributed by atoms with Crippen molar-refractivity contribution in [3.8, 4) is 0 Å². The number of likely N-dealkylation sites (tertiary alicyclic amines) is 1. The van der Waals surface area contributed by atoms with E-state index in [1.807, 2.05) is 0 Å². The Morgan fingerprint density at radius 1 is 1.07 bits per heavy atom. The zero-order valence-electron chi connectivity index (χ0n) is 18.0. The van der Waals surface area contributed by atoms with Crippen LogP contribution in [0.25, 0.3) is 0 Å². The van der Waals surface area contributed by atoms with E-state index in [1.165, 1.54) is 51.6 Å². The molecule has 0 aromatic carbocycles. The molecule has 1 amide bonds. The van der Waals surface area contributed by atoms with Gasteiger partial charge in [-0.15, -0.1) is 5.10 Å². The summed E-state index contributed by atoms with van der Waals surface area (Å²) in [4.78, 5) is 19.3. The van der Waals surface area contributed by atoms with Crippen molar-refractivity contribution in [2.75, 3.05) is 19.6 Å². The number of tetrazole rings is 1. The van der Waals surface area contributed by atoms with Crippen LogP contribution in [0.3, 0.4) is 0 Å². The van der Waals surface area contributed by atoms with Gasteiger partial charge in [-0.3, -0.25) is 9.69 Å². The third kappa shape index (κ3) is 2.88. The lowest BCUT2D eigenvalue weighted by molar-refractivity contribution is -0.149. The van der Waals surface area contributed by atoms with Crippen molar-refractivity contribution >= 4 is 5.91 Å². The number of amides is 1. The number of nitrogens with zero attached hydrogens (tertiary/aromatic N) is 6. The molecular weight excluding hydrogens is 376 g/mol. The highest BCUT2D eigenvalue weighted by Gasteiger charge is 2.51. The summed E-state index contributed by atoms with van der Waals surface area (Å²) in [6, 6.07) is 1.04. The van der Waals surface area contributed by atoms with Gasteiger partial charge in [-0.05, 0) is 73.8 Å². The molecule has 4 fully saturated rings. The molecule has 0 spiro atoms. The molecule has 0 radical (unpaired) electrons. The van der Waals surface area contributed by atoms with Gasteiger partial charge in [-0.1, -0.05) is 37.3 Å². The average Bonchev–Trinajstić information content (AvgIpc) is 3.34. The first kappa shape index (κ1) is 19.0. The van der Waals surface area contributed by atoms with Gasteiger partial charge >= 0.3 is 0 Å². The zero-order valence-corrected chi connectivity index (χ0v) is 18.0. The first-order valence-electron chi connectivity index (χ1n) is 12.3. The number of piperidine rings is 3. The Morgan fingerprint density at radius 3 is 2.80 bits per heavy atom. The Labute approximate surface area is 178 Å². The van der Waals surface area contributed by atoms with Gasteiger partial charge in [0.25, 0.3) is 5.91 Å². The smallest absolute Gasteiger partial charge is 0.251 e. The molecule has 4 atom stereocenters. The maximum absolute atomic E-state index is 14.2. The molecule has 2 aliphatic carbocycles. The van der Waals surface area contributed by atoms with Gasteiger partial charge in [0.15, 0.2) is 0 Å². The molecule has 7 nitrogen and oxygen atoms in total. The molecule has 3 aliphatic heterocycles. The van der Waals surface area contributed by atoms with Crippen LogP contribution in [0.2, 0.25) is 0 Å². The van der Waals surface area contributed by atoms with E-state index >= 15 is 0 Å². The lowest BCUT2D eigenvalue weighted by Gasteiger charge is -2.55. The minimum Gasteiger partial charge on any atom is -0.334 e. The fourth-order valence-electron chi connectivity index (χ4n) is 7.50. The summed E-state index contributed by atoms with van der Waals surface area (Å²) in [5.41, 5.74) is 0.979. The Balaban J connectivity index is 1.34. The van der Waals surface area contributed by atoms with Crippen molar-refractivity contribution in [1.29, 1.82) is 0 Å². The molecule has 4 heterocycles. The average molecular weight is 411 g/mol. The topological polar surface area (TPSA) is 67.2 Å². The van der Waals surface area contributed by atoms with E-state index in [2.05, 4.69) is 31.4 Å². The summed E-state index contributed by atoms with van der Waals surface area (Å²) >= 11 is 0. The Bertz CT molecular complexity index is 814. The number of hydrogen-bond acceptors (Lipinski definition) is 5. The van der Waals surface area contributed by atoms with E-state index in [4.69, 9.17) is 0 Å². The van der Waals surface area contributed by atoms with Crippen molar-refractivity contribution in [2.24, 2.45) is 11.8 Å². The molecule has 0 N–H and O–H groups in total. The van der Waals surface area contributed by atoms with Crippen LogP contribution in [0.1, 0.15) is 70.6 Å².